The van der Waals surface area contributed by atoms with Crippen molar-refractivity contribution in [2.75, 3.05) is 6.54 Å². The van der Waals surface area contributed by atoms with Crippen LogP contribution in [0.2, 0.25) is 0 Å². The van der Waals surface area contributed by atoms with Crippen molar-refractivity contribution in [3.8, 4) is 0 Å². The standard InChI is InChI=1S/C14H19N3O4/c1-14(2,3)21-13(18)16-8-4-5-12(16)11-7-6-10(9-15-11)17(19)20/h6-7,9,12H,4-5,8H2,1-3H3. The molecule has 1 saturated heterocycles. The molecular formula is C14H19N3O4. The zero-order chi connectivity index (χ0) is 15.6. The summed E-state index contributed by atoms with van der Waals surface area (Å²) in [5.41, 5.74) is 0.0529. The van der Waals surface area contributed by atoms with E-state index in [9.17, 15) is 14.9 Å². The molecule has 7 heteroatoms. The minimum atomic E-state index is -0.548. The van der Waals surface area contributed by atoms with E-state index in [0.717, 1.165) is 12.8 Å². The number of nitrogens with zero attached hydrogens (tertiary/aromatic N) is 3. The molecule has 0 aliphatic carbocycles. The monoisotopic (exact) mass is 293 g/mol. The van der Waals surface area contributed by atoms with E-state index < -0.39 is 10.5 Å². The van der Waals surface area contributed by atoms with Crippen molar-refractivity contribution < 1.29 is 14.5 Å². The molecule has 1 fully saturated rings. The van der Waals surface area contributed by atoms with Gasteiger partial charge in [0.1, 0.15) is 11.8 Å². The first-order chi connectivity index (χ1) is 9.78. The zero-order valence-corrected chi connectivity index (χ0v) is 12.4. The van der Waals surface area contributed by atoms with Crippen LogP contribution in [0.15, 0.2) is 18.3 Å². The Morgan fingerprint density at radius 3 is 2.71 bits per heavy atom. The van der Waals surface area contributed by atoms with E-state index in [1.54, 1.807) is 11.0 Å². The van der Waals surface area contributed by atoms with Crippen LogP contribution in [0.4, 0.5) is 10.5 Å². The number of amides is 1. The van der Waals surface area contributed by atoms with Gasteiger partial charge in [-0.05, 0) is 39.7 Å². The predicted molar refractivity (Wildman–Crippen MR) is 75.8 cm³/mol. The topological polar surface area (TPSA) is 85.6 Å². The van der Waals surface area contributed by atoms with Crippen molar-refractivity contribution in [3.63, 3.8) is 0 Å². The number of nitro groups is 1. The third kappa shape index (κ3) is 3.68. The maximum absolute atomic E-state index is 12.2. The van der Waals surface area contributed by atoms with Crippen molar-refractivity contribution in [3.05, 3.63) is 34.1 Å². The van der Waals surface area contributed by atoms with E-state index in [1.165, 1.54) is 12.3 Å². The fourth-order valence-corrected chi connectivity index (χ4v) is 2.32. The highest BCUT2D eigenvalue weighted by Crippen LogP contribution is 2.32. The van der Waals surface area contributed by atoms with E-state index in [1.807, 2.05) is 20.8 Å². The van der Waals surface area contributed by atoms with Gasteiger partial charge in [-0.25, -0.2) is 4.79 Å². The van der Waals surface area contributed by atoms with Gasteiger partial charge >= 0.3 is 6.09 Å². The molecule has 1 atom stereocenters. The summed E-state index contributed by atoms with van der Waals surface area (Å²) in [6.07, 6.45) is 2.50. The Hall–Kier alpha value is -2.18. The molecule has 1 aliphatic heterocycles. The fraction of sp³-hybridized carbons (Fsp3) is 0.571. The maximum Gasteiger partial charge on any atom is 0.410 e. The van der Waals surface area contributed by atoms with Gasteiger partial charge in [0.2, 0.25) is 0 Å². The smallest absolute Gasteiger partial charge is 0.410 e. The SMILES string of the molecule is CC(C)(C)OC(=O)N1CCCC1c1ccc([N+](=O)[O-])cn1. The quantitative estimate of drug-likeness (QED) is 0.618. The number of rotatable bonds is 2. The first-order valence-electron chi connectivity index (χ1n) is 6.88. The molecule has 21 heavy (non-hydrogen) atoms. The van der Waals surface area contributed by atoms with Crippen molar-refractivity contribution >= 4 is 11.8 Å². The highest BCUT2D eigenvalue weighted by Gasteiger charge is 2.34. The lowest BCUT2D eigenvalue weighted by Crippen LogP contribution is -2.36. The summed E-state index contributed by atoms with van der Waals surface area (Å²) in [7, 11) is 0. The molecule has 0 saturated carbocycles. The second-order valence-electron chi connectivity index (χ2n) is 6.03. The second-order valence-corrected chi connectivity index (χ2v) is 6.03. The summed E-state index contributed by atoms with van der Waals surface area (Å²) in [5, 5.41) is 10.6. The van der Waals surface area contributed by atoms with Crippen LogP contribution in [0.3, 0.4) is 0 Å². The van der Waals surface area contributed by atoms with Crippen molar-refractivity contribution in [2.45, 2.75) is 45.3 Å². The Kier molecular flexibility index (Phi) is 4.11. The molecule has 0 spiro atoms. The maximum atomic E-state index is 12.2. The molecule has 0 bridgehead atoms. The Labute approximate surface area is 123 Å². The molecule has 7 nitrogen and oxygen atoms in total. The van der Waals surface area contributed by atoms with Gasteiger partial charge in [-0.3, -0.25) is 20.0 Å². The van der Waals surface area contributed by atoms with Crippen molar-refractivity contribution in [1.29, 1.82) is 0 Å². The summed E-state index contributed by atoms with van der Waals surface area (Å²) in [5.74, 6) is 0. The Bertz CT molecular complexity index is 536. The van der Waals surface area contributed by atoms with Gasteiger partial charge in [-0.1, -0.05) is 0 Å². The molecule has 1 amide bonds. The lowest BCUT2D eigenvalue weighted by molar-refractivity contribution is -0.385. The number of carbonyl (C=O) groups is 1. The van der Waals surface area contributed by atoms with E-state index in [0.29, 0.717) is 12.2 Å². The fourth-order valence-electron chi connectivity index (χ4n) is 2.32. The van der Waals surface area contributed by atoms with Crippen LogP contribution in [0.1, 0.15) is 45.3 Å². The highest BCUT2D eigenvalue weighted by molar-refractivity contribution is 5.69. The predicted octanol–water partition coefficient (Wildman–Crippen LogP) is 3.06. The number of carbonyl (C=O) groups excluding carboxylic acids is 1. The Balaban J connectivity index is 2.14. The average Bonchev–Trinajstić information content (AvgIpc) is 2.86. The van der Waals surface area contributed by atoms with Gasteiger partial charge in [0, 0.05) is 12.6 Å². The Morgan fingerprint density at radius 2 is 2.19 bits per heavy atom. The second kappa shape index (κ2) is 5.67. The summed E-state index contributed by atoms with van der Waals surface area (Å²) in [6.45, 7) is 6.07. The van der Waals surface area contributed by atoms with Crippen LogP contribution in [0.5, 0.6) is 0 Å². The van der Waals surface area contributed by atoms with Crippen LogP contribution in [0, 0.1) is 10.1 Å². The summed E-state index contributed by atoms with van der Waals surface area (Å²) in [4.78, 5) is 28.1. The average molecular weight is 293 g/mol. The van der Waals surface area contributed by atoms with Gasteiger partial charge in [-0.15, -0.1) is 0 Å². The molecule has 0 N–H and O–H groups in total. The molecule has 1 aromatic rings. The lowest BCUT2D eigenvalue weighted by atomic mass is 10.1. The first kappa shape index (κ1) is 15.2. The first-order valence-corrected chi connectivity index (χ1v) is 6.88. The third-order valence-corrected chi connectivity index (χ3v) is 3.20. The number of ether oxygens (including phenoxy) is 1. The molecular weight excluding hydrogens is 274 g/mol. The van der Waals surface area contributed by atoms with Gasteiger partial charge in [0.05, 0.1) is 16.7 Å². The summed E-state index contributed by atoms with van der Waals surface area (Å²) in [6, 6.07) is 2.83. The molecule has 1 aromatic heterocycles. The minimum Gasteiger partial charge on any atom is -0.444 e. The number of hydrogen-bond acceptors (Lipinski definition) is 5. The van der Waals surface area contributed by atoms with Crippen LogP contribution in [-0.4, -0.2) is 33.0 Å². The molecule has 1 unspecified atom stereocenters. The van der Waals surface area contributed by atoms with Gasteiger partial charge in [0.25, 0.3) is 5.69 Å². The largest absolute Gasteiger partial charge is 0.444 e. The molecule has 2 rings (SSSR count). The van der Waals surface area contributed by atoms with Crippen LogP contribution in [-0.2, 0) is 4.74 Å². The normalized spacial score (nSPS) is 18.6. The van der Waals surface area contributed by atoms with E-state index in [2.05, 4.69) is 4.98 Å². The molecule has 2 heterocycles. The van der Waals surface area contributed by atoms with Gasteiger partial charge in [0.15, 0.2) is 0 Å². The summed E-state index contributed by atoms with van der Waals surface area (Å²) >= 11 is 0. The van der Waals surface area contributed by atoms with E-state index in [4.69, 9.17) is 4.74 Å². The summed E-state index contributed by atoms with van der Waals surface area (Å²) < 4.78 is 5.39. The lowest BCUT2D eigenvalue weighted by Gasteiger charge is -2.28. The molecule has 0 aromatic carbocycles. The number of pyridine rings is 1. The minimum absolute atomic E-state index is 0.0550. The Morgan fingerprint density at radius 1 is 1.48 bits per heavy atom. The zero-order valence-electron chi connectivity index (χ0n) is 12.4. The number of aromatic nitrogens is 1. The van der Waals surface area contributed by atoms with Crippen molar-refractivity contribution in [1.82, 2.24) is 9.88 Å². The highest BCUT2D eigenvalue weighted by atomic mass is 16.6. The van der Waals surface area contributed by atoms with Gasteiger partial charge < -0.3 is 4.74 Å². The van der Waals surface area contributed by atoms with Crippen molar-refractivity contribution in [2.24, 2.45) is 0 Å². The third-order valence-electron chi connectivity index (χ3n) is 3.20. The molecule has 1 aliphatic rings. The van der Waals surface area contributed by atoms with E-state index in [-0.39, 0.29) is 17.8 Å². The molecule has 0 radical (unpaired) electrons. The van der Waals surface area contributed by atoms with Gasteiger partial charge in [-0.2, -0.15) is 0 Å². The molecule has 114 valence electrons. The number of hydrogen-bond donors (Lipinski definition) is 0. The van der Waals surface area contributed by atoms with E-state index >= 15 is 0 Å². The number of likely N-dealkylation sites (tertiary alicyclic amines) is 1. The van der Waals surface area contributed by atoms with Crippen LogP contribution in [0.25, 0.3) is 0 Å². The van der Waals surface area contributed by atoms with Crippen LogP contribution < -0.4 is 0 Å². The van der Waals surface area contributed by atoms with Crippen LogP contribution >= 0.6 is 0 Å².